The number of phenols is 1. The third-order valence-electron chi connectivity index (χ3n) is 3.26. The molecule has 0 spiro atoms. The van der Waals surface area contributed by atoms with E-state index in [0.717, 1.165) is 28.5 Å². The second kappa shape index (κ2) is 5.97. The number of nitrogens with one attached hydrogen (secondary N) is 1. The van der Waals surface area contributed by atoms with Gasteiger partial charge in [0.2, 0.25) is 0 Å². The number of aromatic nitrogens is 1. The van der Waals surface area contributed by atoms with Gasteiger partial charge in [-0.05, 0) is 24.1 Å². The zero-order chi connectivity index (χ0) is 14.7. The lowest BCUT2D eigenvalue weighted by Gasteiger charge is -2.02. The van der Waals surface area contributed by atoms with Gasteiger partial charge in [0, 0.05) is 22.7 Å². The highest BCUT2D eigenvalue weighted by Crippen LogP contribution is 2.28. The molecule has 0 aliphatic carbocycles. The van der Waals surface area contributed by atoms with Crippen LogP contribution in [0.1, 0.15) is 12.5 Å². The van der Waals surface area contributed by atoms with Crippen LogP contribution in [0.5, 0.6) is 5.75 Å². The van der Waals surface area contributed by atoms with Crippen LogP contribution in [0.3, 0.4) is 0 Å². The minimum absolute atomic E-state index is 0.243. The summed E-state index contributed by atoms with van der Waals surface area (Å²) in [7, 11) is 0. The summed E-state index contributed by atoms with van der Waals surface area (Å²) < 4.78 is 0. The van der Waals surface area contributed by atoms with E-state index in [1.165, 1.54) is 5.56 Å². The van der Waals surface area contributed by atoms with E-state index in [1.807, 2.05) is 11.4 Å². The smallest absolute Gasteiger partial charge is 0.187 e. The molecule has 0 fully saturated rings. The van der Waals surface area contributed by atoms with Crippen LogP contribution in [0.15, 0.2) is 53.9 Å². The van der Waals surface area contributed by atoms with Crippen LogP contribution in [0.2, 0.25) is 0 Å². The predicted molar refractivity (Wildman–Crippen MR) is 88.3 cm³/mol. The Bertz CT molecular complexity index is 735. The average molecular weight is 296 g/mol. The van der Waals surface area contributed by atoms with Gasteiger partial charge >= 0.3 is 0 Å². The summed E-state index contributed by atoms with van der Waals surface area (Å²) >= 11 is 1.55. The highest BCUT2D eigenvalue weighted by atomic mass is 32.1. The first-order valence-corrected chi connectivity index (χ1v) is 7.73. The van der Waals surface area contributed by atoms with Crippen molar-refractivity contribution in [3.63, 3.8) is 0 Å². The topological polar surface area (TPSA) is 45.1 Å². The van der Waals surface area contributed by atoms with Gasteiger partial charge in [0.15, 0.2) is 5.13 Å². The largest absolute Gasteiger partial charge is 0.508 e. The fraction of sp³-hybridized carbons (Fsp3) is 0.118. The van der Waals surface area contributed by atoms with E-state index >= 15 is 0 Å². The Hall–Kier alpha value is -2.33. The molecule has 0 aliphatic heterocycles. The van der Waals surface area contributed by atoms with Gasteiger partial charge in [-0.3, -0.25) is 0 Å². The Morgan fingerprint density at radius 2 is 1.95 bits per heavy atom. The molecule has 0 bridgehead atoms. The van der Waals surface area contributed by atoms with Gasteiger partial charge in [0.05, 0.1) is 5.69 Å². The number of thiazole rings is 1. The predicted octanol–water partition coefficient (Wildman–Crippen LogP) is 4.82. The second-order valence-corrected chi connectivity index (χ2v) is 5.62. The summed E-state index contributed by atoms with van der Waals surface area (Å²) in [6.07, 6.45) is 1.04. The van der Waals surface area contributed by atoms with E-state index in [-0.39, 0.29) is 5.75 Å². The van der Waals surface area contributed by atoms with Gasteiger partial charge in [0.25, 0.3) is 0 Å². The SMILES string of the molecule is CCc1ccc(-c2csc(Nc3cccc(O)c3)n2)cc1. The Morgan fingerprint density at radius 1 is 1.14 bits per heavy atom. The maximum Gasteiger partial charge on any atom is 0.187 e. The fourth-order valence-electron chi connectivity index (χ4n) is 2.08. The molecule has 0 atom stereocenters. The van der Waals surface area contributed by atoms with E-state index in [4.69, 9.17) is 0 Å². The van der Waals surface area contributed by atoms with Gasteiger partial charge in [-0.15, -0.1) is 11.3 Å². The van der Waals surface area contributed by atoms with Gasteiger partial charge in [-0.25, -0.2) is 4.98 Å². The molecule has 21 heavy (non-hydrogen) atoms. The number of phenolic OH excluding ortho intramolecular Hbond substituents is 1. The molecule has 3 aromatic rings. The van der Waals surface area contributed by atoms with Crippen LogP contribution >= 0.6 is 11.3 Å². The lowest BCUT2D eigenvalue weighted by molar-refractivity contribution is 0.475. The molecule has 2 N–H and O–H groups in total. The monoisotopic (exact) mass is 296 g/mol. The average Bonchev–Trinajstić information content (AvgIpc) is 2.96. The molecule has 0 saturated heterocycles. The normalized spacial score (nSPS) is 10.5. The quantitative estimate of drug-likeness (QED) is 0.725. The number of nitrogens with zero attached hydrogens (tertiary/aromatic N) is 1. The van der Waals surface area contributed by atoms with Crippen molar-refractivity contribution in [2.45, 2.75) is 13.3 Å². The number of aromatic hydroxyl groups is 1. The Kier molecular flexibility index (Phi) is 3.88. The molecule has 0 saturated carbocycles. The summed E-state index contributed by atoms with van der Waals surface area (Å²) in [5.41, 5.74) is 4.24. The maximum atomic E-state index is 9.47. The molecule has 4 heteroatoms. The van der Waals surface area contributed by atoms with Crippen LogP contribution in [0.25, 0.3) is 11.3 Å². The third-order valence-corrected chi connectivity index (χ3v) is 4.02. The molecule has 0 radical (unpaired) electrons. The molecular formula is C17H16N2OS. The van der Waals surface area contributed by atoms with E-state index in [0.29, 0.717) is 0 Å². The van der Waals surface area contributed by atoms with Crippen molar-refractivity contribution in [2.75, 3.05) is 5.32 Å². The summed E-state index contributed by atoms with van der Waals surface area (Å²) in [6.45, 7) is 2.15. The molecule has 0 unspecified atom stereocenters. The first-order valence-electron chi connectivity index (χ1n) is 6.85. The molecule has 0 aliphatic rings. The molecule has 3 rings (SSSR count). The minimum Gasteiger partial charge on any atom is -0.508 e. The van der Waals surface area contributed by atoms with Crippen molar-refractivity contribution >= 4 is 22.2 Å². The summed E-state index contributed by atoms with van der Waals surface area (Å²) in [6, 6.07) is 15.5. The highest BCUT2D eigenvalue weighted by Gasteiger charge is 2.05. The number of rotatable bonds is 4. The van der Waals surface area contributed by atoms with E-state index in [1.54, 1.807) is 29.5 Å². The first kappa shape index (κ1) is 13.6. The standard InChI is InChI=1S/C17H16N2OS/c1-2-12-6-8-13(9-7-12)16-11-21-17(19-16)18-14-4-3-5-15(20)10-14/h3-11,20H,2H2,1H3,(H,18,19). The van der Waals surface area contributed by atoms with Crippen molar-refractivity contribution in [3.8, 4) is 17.0 Å². The number of benzene rings is 2. The van der Waals surface area contributed by atoms with Gasteiger partial charge in [0.1, 0.15) is 5.75 Å². The van der Waals surface area contributed by atoms with Gasteiger partial charge in [-0.1, -0.05) is 37.3 Å². The Balaban J connectivity index is 1.79. The summed E-state index contributed by atoms with van der Waals surface area (Å²) in [4.78, 5) is 4.59. The number of hydrogen-bond donors (Lipinski definition) is 2. The molecule has 1 aromatic heterocycles. The van der Waals surface area contributed by atoms with Gasteiger partial charge in [-0.2, -0.15) is 0 Å². The van der Waals surface area contributed by atoms with Crippen LogP contribution < -0.4 is 5.32 Å². The molecule has 3 nitrogen and oxygen atoms in total. The van der Waals surface area contributed by atoms with Crippen LogP contribution in [0.4, 0.5) is 10.8 Å². The van der Waals surface area contributed by atoms with E-state index in [2.05, 4.69) is 41.5 Å². The lowest BCUT2D eigenvalue weighted by Crippen LogP contribution is -1.89. The molecule has 0 amide bonds. The third kappa shape index (κ3) is 3.23. The van der Waals surface area contributed by atoms with Crippen molar-refractivity contribution < 1.29 is 5.11 Å². The zero-order valence-corrected chi connectivity index (χ0v) is 12.5. The number of aryl methyl sites for hydroxylation is 1. The lowest BCUT2D eigenvalue weighted by atomic mass is 10.1. The molecule has 106 valence electrons. The van der Waals surface area contributed by atoms with Crippen molar-refractivity contribution in [1.29, 1.82) is 0 Å². The maximum absolute atomic E-state index is 9.47. The van der Waals surface area contributed by atoms with E-state index < -0.39 is 0 Å². The second-order valence-electron chi connectivity index (χ2n) is 4.76. The highest BCUT2D eigenvalue weighted by molar-refractivity contribution is 7.14. The molecule has 2 aromatic carbocycles. The minimum atomic E-state index is 0.243. The van der Waals surface area contributed by atoms with E-state index in [9.17, 15) is 5.11 Å². The van der Waals surface area contributed by atoms with Crippen molar-refractivity contribution in [1.82, 2.24) is 4.98 Å². The number of anilines is 2. The molecular weight excluding hydrogens is 280 g/mol. The van der Waals surface area contributed by atoms with Crippen LogP contribution in [-0.4, -0.2) is 10.1 Å². The Labute approximate surface area is 127 Å². The fourth-order valence-corrected chi connectivity index (χ4v) is 2.82. The molecule has 1 heterocycles. The summed E-state index contributed by atoms with van der Waals surface area (Å²) in [5, 5.41) is 15.5. The summed E-state index contributed by atoms with van der Waals surface area (Å²) in [5.74, 6) is 0.243. The number of hydrogen-bond acceptors (Lipinski definition) is 4. The van der Waals surface area contributed by atoms with Crippen molar-refractivity contribution in [2.24, 2.45) is 0 Å². The Morgan fingerprint density at radius 3 is 2.67 bits per heavy atom. The first-order chi connectivity index (χ1) is 10.2. The van der Waals surface area contributed by atoms with Crippen LogP contribution in [0, 0.1) is 0 Å². The van der Waals surface area contributed by atoms with Crippen molar-refractivity contribution in [3.05, 3.63) is 59.5 Å². The van der Waals surface area contributed by atoms with Gasteiger partial charge < -0.3 is 10.4 Å². The van der Waals surface area contributed by atoms with Crippen LogP contribution in [-0.2, 0) is 6.42 Å². The zero-order valence-electron chi connectivity index (χ0n) is 11.7.